The van der Waals surface area contributed by atoms with Crippen molar-refractivity contribution < 1.29 is 23.1 Å². The van der Waals surface area contributed by atoms with E-state index in [1.807, 2.05) is 0 Å². The van der Waals surface area contributed by atoms with Gasteiger partial charge in [-0.3, -0.25) is 4.79 Å². The van der Waals surface area contributed by atoms with Crippen LogP contribution in [0.4, 0.5) is 13.2 Å². The fraction of sp³-hybridized carbons (Fsp3) is 0.273. The third-order valence-corrected chi connectivity index (χ3v) is 2.52. The lowest BCUT2D eigenvalue weighted by atomic mass is 9.76. The lowest BCUT2D eigenvalue weighted by molar-refractivity contribution is -0.190. The average Bonchev–Trinajstić information content (AvgIpc) is 2.16. The molecule has 1 aromatic rings. The average molecular weight is 245 g/mol. The van der Waals surface area contributed by atoms with Gasteiger partial charge in [0, 0.05) is 5.71 Å². The van der Waals surface area contributed by atoms with Crippen LogP contribution in [0.3, 0.4) is 0 Å². The third-order valence-electron chi connectivity index (χ3n) is 2.52. The Balaban J connectivity index is 3.59. The molecule has 0 saturated heterocycles. The van der Waals surface area contributed by atoms with E-state index in [9.17, 15) is 18.0 Å². The summed E-state index contributed by atoms with van der Waals surface area (Å²) in [6.07, 6.45) is -5.06. The van der Waals surface area contributed by atoms with Crippen molar-refractivity contribution in [3.05, 3.63) is 35.9 Å². The molecule has 0 saturated carbocycles. The zero-order valence-electron chi connectivity index (χ0n) is 8.88. The van der Waals surface area contributed by atoms with Crippen LogP contribution < -0.4 is 0 Å². The molecule has 0 amide bonds. The molecule has 1 aromatic carbocycles. The Morgan fingerprint density at radius 1 is 1.24 bits per heavy atom. The Hall–Kier alpha value is -1.85. The van der Waals surface area contributed by atoms with Crippen molar-refractivity contribution in [2.45, 2.75) is 18.5 Å². The van der Waals surface area contributed by atoms with E-state index >= 15 is 0 Å². The van der Waals surface area contributed by atoms with Crippen LogP contribution in [0.1, 0.15) is 12.5 Å². The number of aliphatic carboxylic acids is 1. The fourth-order valence-electron chi connectivity index (χ4n) is 1.69. The van der Waals surface area contributed by atoms with Crippen molar-refractivity contribution in [3.8, 4) is 0 Å². The molecule has 0 aliphatic heterocycles. The van der Waals surface area contributed by atoms with Crippen molar-refractivity contribution in [1.29, 1.82) is 5.41 Å². The van der Waals surface area contributed by atoms with Crippen LogP contribution in [0.2, 0.25) is 0 Å². The molecule has 6 heteroatoms. The van der Waals surface area contributed by atoms with Crippen LogP contribution in [0.5, 0.6) is 0 Å². The zero-order valence-corrected chi connectivity index (χ0v) is 8.88. The van der Waals surface area contributed by atoms with Crippen LogP contribution in [-0.4, -0.2) is 23.0 Å². The number of benzene rings is 1. The molecule has 0 bridgehead atoms. The molecule has 0 heterocycles. The normalized spacial score (nSPS) is 15.1. The second-order valence-electron chi connectivity index (χ2n) is 3.54. The van der Waals surface area contributed by atoms with Gasteiger partial charge in [0.05, 0.1) is 0 Å². The van der Waals surface area contributed by atoms with Gasteiger partial charge in [-0.25, -0.2) is 0 Å². The van der Waals surface area contributed by atoms with E-state index in [4.69, 9.17) is 10.5 Å². The highest BCUT2D eigenvalue weighted by molar-refractivity contribution is 6.10. The minimum absolute atomic E-state index is 0.465. The zero-order chi connectivity index (χ0) is 13.3. The van der Waals surface area contributed by atoms with Crippen molar-refractivity contribution in [3.63, 3.8) is 0 Å². The molecule has 17 heavy (non-hydrogen) atoms. The Labute approximate surface area is 95.4 Å². The predicted molar refractivity (Wildman–Crippen MR) is 55.2 cm³/mol. The highest BCUT2D eigenvalue weighted by Gasteiger charge is 2.63. The maximum atomic E-state index is 13.0. The topological polar surface area (TPSA) is 61.2 Å². The van der Waals surface area contributed by atoms with Crippen molar-refractivity contribution in [1.82, 2.24) is 0 Å². The summed E-state index contributed by atoms with van der Waals surface area (Å²) in [5.74, 6) is -2.09. The number of alkyl halides is 3. The number of carbonyl (C=O) groups is 1. The van der Waals surface area contributed by atoms with Gasteiger partial charge in [0.15, 0.2) is 0 Å². The lowest BCUT2D eigenvalue weighted by Crippen LogP contribution is -2.54. The first-order chi connectivity index (χ1) is 7.74. The van der Waals surface area contributed by atoms with Gasteiger partial charge in [-0.1, -0.05) is 30.3 Å². The van der Waals surface area contributed by atoms with Crippen molar-refractivity contribution in [2.75, 3.05) is 0 Å². The van der Waals surface area contributed by atoms with E-state index in [2.05, 4.69) is 0 Å². The number of rotatable bonds is 3. The summed E-state index contributed by atoms with van der Waals surface area (Å²) in [5.41, 5.74) is -4.70. The van der Waals surface area contributed by atoms with Gasteiger partial charge in [-0.15, -0.1) is 0 Å². The number of hydrogen-bond acceptors (Lipinski definition) is 2. The standard InChI is InChI=1S/C11H10F3NO2/c1-7(15)10(9(16)17,11(12,13)14)8-5-3-2-4-6-8/h2-6,15H,1H3,(H,16,17). The minimum Gasteiger partial charge on any atom is -0.480 e. The van der Waals surface area contributed by atoms with Gasteiger partial charge in [-0.05, 0) is 12.5 Å². The molecule has 3 nitrogen and oxygen atoms in total. The van der Waals surface area contributed by atoms with E-state index in [-0.39, 0.29) is 0 Å². The molecular weight excluding hydrogens is 235 g/mol. The highest BCUT2D eigenvalue weighted by Crippen LogP contribution is 2.42. The second-order valence-corrected chi connectivity index (χ2v) is 3.54. The number of carboxylic acids is 1. The molecule has 0 radical (unpaired) electrons. The molecule has 0 aromatic heterocycles. The molecule has 1 unspecified atom stereocenters. The monoisotopic (exact) mass is 245 g/mol. The Kier molecular flexibility index (Phi) is 3.26. The number of carboxylic acid groups (broad SMARTS) is 1. The largest absolute Gasteiger partial charge is 0.480 e. The quantitative estimate of drug-likeness (QED) is 0.804. The highest BCUT2D eigenvalue weighted by atomic mass is 19.4. The van der Waals surface area contributed by atoms with Crippen LogP contribution in [0.15, 0.2) is 30.3 Å². The van der Waals surface area contributed by atoms with Gasteiger partial charge in [0.2, 0.25) is 5.41 Å². The van der Waals surface area contributed by atoms with Crippen LogP contribution in [0.25, 0.3) is 0 Å². The summed E-state index contributed by atoms with van der Waals surface area (Å²) in [5, 5.41) is 16.1. The first kappa shape index (κ1) is 13.2. The molecular formula is C11H10F3NO2. The summed E-state index contributed by atoms with van der Waals surface area (Å²) >= 11 is 0. The van der Waals surface area contributed by atoms with E-state index in [1.54, 1.807) is 0 Å². The summed E-state index contributed by atoms with van der Waals surface area (Å²) < 4.78 is 39.1. The SMILES string of the molecule is CC(=N)C(C(=O)O)(c1ccccc1)C(F)(F)F. The molecule has 0 aliphatic rings. The minimum atomic E-state index is -5.06. The van der Waals surface area contributed by atoms with E-state index in [0.717, 1.165) is 19.1 Å². The third kappa shape index (κ3) is 1.90. The smallest absolute Gasteiger partial charge is 0.414 e. The predicted octanol–water partition coefficient (Wildman–Crippen LogP) is 2.61. The summed E-state index contributed by atoms with van der Waals surface area (Å²) in [7, 11) is 0. The van der Waals surface area contributed by atoms with E-state index in [1.165, 1.54) is 18.2 Å². The lowest BCUT2D eigenvalue weighted by Gasteiger charge is -2.31. The van der Waals surface area contributed by atoms with Gasteiger partial charge >= 0.3 is 12.1 Å². The van der Waals surface area contributed by atoms with Crippen LogP contribution in [0, 0.1) is 5.41 Å². The van der Waals surface area contributed by atoms with Gasteiger partial charge < -0.3 is 10.5 Å². The van der Waals surface area contributed by atoms with Gasteiger partial charge in [0.1, 0.15) is 0 Å². The Morgan fingerprint density at radius 3 is 2.00 bits per heavy atom. The van der Waals surface area contributed by atoms with Crippen LogP contribution in [-0.2, 0) is 10.2 Å². The molecule has 1 atom stereocenters. The molecule has 0 aliphatic carbocycles. The molecule has 0 fully saturated rings. The maximum Gasteiger partial charge on any atom is 0.414 e. The first-order valence-electron chi connectivity index (χ1n) is 4.66. The maximum absolute atomic E-state index is 13.0. The fourth-order valence-corrected chi connectivity index (χ4v) is 1.69. The van der Waals surface area contributed by atoms with Crippen LogP contribution >= 0.6 is 0 Å². The van der Waals surface area contributed by atoms with Gasteiger partial charge in [-0.2, -0.15) is 13.2 Å². The van der Waals surface area contributed by atoms with Crippen molar-refractivity contribution >= 4 is 11.7 Å². The molecule has 1 rings (SSSR count). The van der Waals surface area contributed by atoms with E-state index < -0.39 is 28.8 Å². The summed E-state index contributed by atoms with van der Waals surface area (Å²) in [6, 6.07) is 6.20. The summed E-state index contributed by atoms with van der Waals surface area (Å²) in [4.78, 5) is 11.0. The number of nitrogens with one attached hydrogen (secondary N) is 1. The number of halogens is 3. The Bertz CT molecular complexity index is 426. The van der Waals surface area contributed by atoms with Gasteiger partial charge in [0.25, 0.3) is 0 Å². The number of hydrogen-bond donors (Lipinski definition) is 2. The van der Waals surface area contributed by atoms with Crippen molar-refractivity contribution in [2.24, 2.45) is 0 Å². The Morgan fingerprint density at radius 2 is 1.71 bits per heavy atom. The second kappa shape index (κ2) is 4.20. The molecule has 0 spiro atoms. The van der Waals surface area contributed by atoms with E-state index in [0.29, 0.717) is 0 Å². The summed E-state index contributed by atoms with van der Waals surface area (Å²) in [6.45, 7) is 0.842. The first-order valence-corrected chi connectivity index (χ1v) is 4.66. The molecule has 92 valence electrons. The molecule has 2 N–H and O–H groups in total.